The SMILES string of the molecule is C=C(C)C(C)=C(C)C1CCC1. The van der Waals surface area contributed by atoms with Crippen LogP contribution in [0.15, 0.2) is 23.3 Å². The highest BCUT2D eigenvalue weighted by atomic mass is 14.3. The average molecular weight is 150 g/mol. The lowest BCUT2D eigenvalue weighted by molar-refractivity contribution is 0.366. The first-order valence-electron chi connectivity index (χ1n) is 4.46. The fourth-order valence-electron chi connectivity index (χ4n) is 1.48. The molecule has 0 bridgehead atoms. The largest absolute Gasteiger partial charge is 0.0959 e. The fraction of sp³-hybridized carbons (Fsp3) is 0.636. The molecule has 0 atom stereocenters. The van der Waals surface area contributed by atoms with E-state index in [0.717, 1.165) is 5.92 Å². The van der Waals surface area contributed by atoms with E-state index in [1.807, 2.05) is 0 Å². The van der Waals surface area contributed by atoms with Crippen LogP contribution in [0.25, 0.3) is 0 Å². The quantitative estimate of drug-likeness (QED) is 0.526. The molecule has 0 spiro atoms. The van der Waals surface area contributed by atoms with E-state index in [1.165, 1.54) is 30.4 Å². The molecule has 0 unspecified atom stereocenters. The molecule has 1 fully saturated rings. The van der Waals surface area contributed by atoms with Gasteiger partial charge >= 0.3 is 0 Å². The van der Waals surface area contributed by atoms with Crippen molar-refractivity contribution in [1.82, 2.24) is 0 Å². The van der Waals surface area contributed by atoms with E-state index in [0.29, 0.717) is 0 Å². The molecule has 0 nitrogen and oxygen atoms in total. The van der Waals surface area contributed by atoms with Crippen LogP contribution in [0.2, 0.25) is 0 Å². The summed E-state index contributed by atoms with van der Waals surface area (Å²) in [5, 5.41) is 0. The van der Waals surface area contributed by atoms with Crippen molar-refractivity contribution >= 4 is 0 Å². The molecular weight excluding hydrogens is 132 g/mol. The molecule has 1 aliphatic carbocycles. The lowest BCUT2D eigenvalue weighted by atomic mass is 9.78. The molecule has 62 valence electrons. The van der Waals surface area contributed by atoms with Crippen LogP contribution in [0.5, 0.6) is 0 Å². The van der Waals surface area contributed by atoms with Gasteiger partial charge in [-0.25, -0.2) is 0 Å². The Morgan fingerprint density at radius 2 is 1.73 bits per heavy atom. The minimum absolute atomic E-state index is 0.881. The van der Waals surface area contributed by atoms with E-state index in [2.05, 4.69) is 27.4 Å². The Bertz CT molecular complexity index is 192. The molecule has 1 aliphatic rings. The summed E-state index contributed by atoms with van der Waals surface area (Å²) in [5.41, 5.74) is 4.23. The summed E-state index contributed by atoms with van der Waals surface area (Å²) in [6.07, 6.45) is 4.22. The van der Waals surface area contributed by atoms with Gasteiger partial charge < -0.3 is 0 Å². The fourth-order valence-corrected chi connectivity index (χ4v) is 1.48. The molecular formula is C11H18. The van der Waals surface area contributed by atoms with Crippen LogP contribution in [-0.2, 0) is 0 Å². The monoisotopic (exact) mass is 150 g/mol. The van der Waals surface area contributed by atoms with Crippen LogP contribution in [-0.4, -0.2) is 0 Å². The van der Waals surface area contributed by atoms with E-state index < -0.39 is 0 Å². The van der Waals surface area contributed by atoms with E-state index in [-0.39, 0.29) is 0 Å². The molecule has 1 rings (SSSR count). The van der Waals surface area contributed by atoms with E-state index in [4.69, 9.17) is 0 Å². The predicted molar refractivity (Wildman–Crippen MR) is 50.5 cm³/mol. The highest BCUT2D eigenvalue weighted by Crippen LogP contribution is 2.35. The van der Waals surface area contributed by atoms with Gasteiger partial charge in [-0.3, -0.25) is 0 Å². The van der Waals surface area contributed by atoms with Crippen LogP contribution < -0.4 is 0 Å². The van der Waals surface area contributed by atoms with E-state index in [9.17, 15) is 0 Å². The van der Waals surface area contributed by atoms with Crippen molar-refractivity contribution in [2.45, 2.75) is 40.0 Å². The third-order valence-electron chi connectivity index (χ3n) is 2.95. The third-order valence-corrected chi connectivity index (χ3v) is 2.95. The minimum Gasteiger partial charge on any atom is -0.0959 e. The van der Waals surface area contributed by atoms with Crippen LogP contribution in [0.4, 0.5) is 0 Å². The first-order chi connectivity index (χ1) is 5.13. The predicted octanol–water partition coefficient (Wildman–Crippen LogP) is 3.70. The van der Waals surface area contributed by atoms with Crippen molar-refractivity contribution in [3.05, 3.63) is 23.3 Å². The molecule has 0 aromatic rings. The molecule has 0 aromatic heterocycles. The van der Waals surface area contributed by atoms with Crippen molar-refractivity contribution in [2.75, 3.05) is 0 Å². The second kappa shape index (κ2) is 3.25. The van der Waals surface area contributed by atoms with Gasteiger partial charge in [-0.2, -0.15) is 0 Å². The summed E-state index contributed by atoms with van der Waals surface area (Å²) >= 11 is 0. The smallest absolute Gasteiger partial charge is 0.0200 e. The minimum atomic E-state index is 0.881. The first kappa shape index (κ1) is 8.58. The number of hydrogen-bond acceptors (Lipinski definition) is 0. The van der Waals surface area contributed by atoms with Gasteiger partial charge in [0, 0.05) is 0 Å². The zero-order chi connectivity index (χ0) is 8.43. The van der Waals surface area contributed by atoms with E-state index in [1.54, 1.807) is 5.57 Å². The van der Waals surface area contributed by atoms with Gasteiger partial charge in [0.2, 0.25) is 0 Å². The Hall–Kier alpha value is -0.520. The summed E-state index contributed by atoms with van der Waals surface area (Å²) in [6, 6.07) is 0. The van der Waals surface area contributed by atoms with Crippen LogP contribution in [0.3, 0.4) is 0 Å². The highest BCUT2D eigenvalue weighted by Gasteiger charge is 2.20. The molecule has 0 aromatic carbocycles. The maximum atomic E-state index is 3.96. The van der Waals surface area contributed by atoms with Crippen LogP contribution >= 0.6 is 0 Å². The van der Waals surface area contributed by atoms with Gasteiger partial charge in [-0.1, -0.05) is 24.1 Å². The van der Waals surface area contributed by atoms with Crippen molar-refractivity contribution in [3.63, 3.8) is 0 Å². The number of hydrogen-bond donors (Lipinski definition) is 0. The Morgan fingerprint density at radius 3 is 2.00 bits per heavy atom. The second-order valence-corrected chi connectivity index (χ2v) is 3.72. The average Bonchev–Trinajstić information content (AvgIpc) is 1.82. The van der Waals surface area contributed by atoms with Gasteiger partial charge in [0.05, 0.1) is 0 Å². The molecule has 0 saturated heterocycles. The second-order valence-electron chi connectivity index (χ2n) is 3.72. The standard InChI is InChI=1S/C11H18/c1-8(2)9(3)10(4)11-6-5-7-11/h11H,1,5-7H2,2-4H3. The topological polar surface area (TPSA) is 0 Å². The molecule has 11 heavy (non-hydrogen) atoms. The van der Waals surface area contributed by atoms with E-state index >= 15 is 0 Å². The first-order valence-corrected chi connectivity index (χ1v) is 4.46. The molecule has 0 amide bonds. The third kappa shape index (κ3) is 1.74. The summed E-state index contributed by atoms with van der Waals surface area (Å²) in [6.45, 7) is 10.5. The Morgan fingerprint density at radius 1 is 1.18 bits per heavy atom. The summed E-state index contributed by atoms with van der Waals surface area (Å²) < 4.78 is 0. The number of allylic oxidation sites excluding steroid dienone is 3. The lowest BCUT2D eigenvalue weighted by Gasteiger charge is -2.28. The number of rotatable bonds is 2. The van der Waals surface area contributed by atoms with Crippen LogP contribution in [0.1, 0.15) is 40.0 Å². The Kier molecular flexibility index (Phi) is 2.53. The Balaban J connectivity index is 2.68. The van der Waals surface area contributed by atoms with Gasteiger partial charge in [0.1, 0.15) is 0 Å². The summed E-state index contributed by atoms with van der Waals surface area (Å²) in [4.78, 5) is 0. The van der Waals surface area contributed by atoms with Crippen molar-refractivity contribution in [1.29, 1.82) is 0 Å². The van der Waals surface area contributed by atoms with Gasteiger partial charge in [0.15, 0.2) is 0 Å². The maximum Gasteiger partial charge on any atom is -0.0200 e. The molecule has 0 heterocycles. The Labute approximate surface area is 70.0 Å². The molecule has 0 heteroatoms. The normalized spacial score (nSPS) is 20.6. The van der Waals surface area contributed by atoms with Crippen molar-refractivity contribution in [3.8, 4) is 0 Å². The molecule has 1 saturated carbocycles. The summed E-state index contributed by atoms with van der Waals surface area (Å²) in [5.74, 6) is 0.881. The highest BCUT2D eigenvalue weighted by molar-refractivity contribution is 5.30. The molecule has 0 aliphatic heterocycles. The lowest BCUT2D eigenvalue weighted by Crippen LogP contribution is -2.13. The van der Waals surface area contributed by atoms with Gasteiger partial charge in [-0.05, 0) is 45.1 Å². The van der Waals surface area contributed by atoms with Crippen molar-refractivity contribution < 1.29 is 0 Å². The zero-order valence-electron chi connectivity index (χ0n) is 7.91. The van der Waals surface area contributed by atoms with Crippen LogP contribution in [0, 0.1) is 5.92 Å². The zero-order valence-corrected chi connectivity index (χ0v) is 7.91. The molecule has 0 radical (unpaired) electrons. The van der Waals surface area contributed by atoms with Crippen molar-refractivity contribution in [2.24, 2.45) is 5.92 Å². The molecule has 0 N–H and O–H groups in total. The summed E-state index contributed by atoms with van der Waals surface area (Å²) in [7, 11) is 0. The maximum absolute atomic E-state index is 3.96. The van der Waals surface area contributed by atoms with Gasteiger partial charge in [0.25, 0.3) is 0 Å². The van der Waals surface area contributed by atoms with Gasteiger partial charge in [-0.15, -0.1) is 0 Å².